The van der Waals surface area contributed by atoms with Gasteiger partial charge in [-0.05, 0) is 19.3 Å². The van der Waals surface area contributed by atoms with Gasteiger partial charge in [0.2, 0.25) is 0 Å². The molecule has 0 heterocycles. The third kappa shape index (κ3) is 5.25. The molecule has 17 heavy (non-hydrogen) atoms. The summed E-state index contributed by atoms with van der Waals surface area (Å²) in [6.07, 6.45) is 8.50. The van der Waals surface area contributed by atoms with E-state index in [4.69, 9.17) is 11.5 Å². The van der Waals surface area contributed by atoms with E-state index in [9.17, 15) is 9.59 Å². The van der Waals surface area contributed by atoms with Gasteiger partial charge in [-0.25, -0.2) is 4.79 Å². The maximum Gasteiger partial charge on any atom is 0.323 e. The minimum atomic E-state index is -1.06. The molecule has 0 bridgehead atoms. The van der Waals surface area contributed by atoms with E-state index in [0.29, 0.717) is 5.92 Å². The molecule has 0 spiro atoms. The number of amides is 2. The van der Waals surface area contributed by atoms with E-state index in [2.05, 4.69) is 11.2 Å². The van der Waals surface area contributed by atoms with Gasteiger partial charge in [0.1, 0.15) is 6.54 Å². The molecular formula is C12H18N2O3. The van der Waals surface area contributed by atoms with Crippen molar-refractivity contribution in [2.45, 2.75) is 32.2 Å². The van der Waals surface area contributed by atoms with Gasteiger partial charge in [-0.1, -0.05) is 18.8 Å². The minimum absolute atomic E-state index is 0.00822. The van der Waals surface area contributed by atoms with Crippen LogP contribution in [0.5, 0.6) is 0 Å². The average molecular weight is 238 g/mol. The lowest BCUT2D eigenvalue weighted by Crippen LogP contribution is -2.46. The van der Waals surface area contributed by atoms with Gasteiger partial charge < -0.3 is 15.3 Å². The normalized spacial score (nSPS) is 15.8. The fourth-order valence-corrected chi connectivity index (χ4v) is 1.69. The monoisotopic (exact) mass is 238 g/mol. The first-order valence-electron chi connectivity index (χ1n) is 5.73. The number of carbonyl (C=O) groups is 2. The lowest BCUT2D eigenvalue weighted by molar-refractivity contribution is -0.137. The molecule has 0 saturated heterocycles. The van der Waals surface area contributed by atoms with Crippen LogP contribution in [0.1, 0.15) is 26.2 Å². The Morgan fingerprint density at radius 1 is 1.59 bits per heavy atom. The number of aliphatic carboxylic acids is 1. The number of carboxylic acids is 1. The van der Waals surface area contributed by atoms with E-state index < -0.39 is 12.0 Å². The molecule has 2 amide bonds. The third-order valence-corrected chi connectivity index (χ3v) is 2.65. The van der Waals surface area contributed by atoms with Crippen molar-refractivity contribution in [2.24, 2.45) is 5.92 Å². The maximum absolute atomic E-state index is 11.7. The Morgan fingerprint density at radius 3 is 2.71 bits per heavy atom. The average Bonchev–Trinajstić information content (AvgIpc) is 3.00. The first kappa shape index (κ1) is 13.4. The van der Waals surface area contributed by atoms with Crippen molar-refractivity contribution in [1.82, 2.24) is 10.2 Å². The second kappa shape index (κ2) is 6.14. The second-order valence-corrected chi connectivity index (χ2v) is 4.48. The standard InChI is InChI=1S/C12H18N2O3/c1-3-6-14(8-11(15)16)12(17)13-9(2)7-10-4-5-10/h1,9-10H,4-8H2,2H3,(H,13,17)(H,15,16). The first-order valence-corrected chi connectivity index (χ1v) is 5.73. The van der Waals surface area contributed by atoms with Crippen molar-refractivity contribution in [2.75, 3.05) is 13.1 Å². The Morgan fingerprint density at radius 2 is 2.24 bits per heavy atom. The first-order chi connectivity index (χ1) is 8.02. The molecule has 0 radical (unpaired) electrons. The zero-order valence-electron chi connectivity index (χ0n) is 9.98. The number of urea groups is 1. The second-order valence-electron chi connectivity index (χ2n) is 4.48. The Kier molecular flexibility index (Phi) is 4.83. The molecule has 0 aromatic carbocycles. The molecule has 0 aliphatic heterocycles. The van der Waals surface area contributed by atoms with Crippen LogP contribution in [0.2, 0.25) is 0 Å². The van der Waals surface area contributed by atoms with Gasteiger partial charge in [-0.2, -0.15) is 0 Å². The van der Waals surface area contributed by atoms with Crippen molar-refractivity contribution in [3.8, 4) is 12.3 Å². The number of carboxylic acid groups (broad SMARTS) is 1. The zero-order chi connectivity index (χ0) is 12.8. The predicted molar refractivity (Wildman–Crippen MR) is 63.4 cm³/mol. The van der Waals surface area contributed by atoms with Crippen molar-refractivity contribution < 1.29 is 14.7 Å². The summed E-state index contributed by atoms with van der Waals surface area (Å²) in [5.41, 5.74) is 0. The highest BCUT2D eigenvalue weighted by molar-refractivity contribution is 5.80. The summed E-state index contributed by atoms with van der Waals surface area (Å²) in [7, 11) is 0. The van der Waals surface area contributed by atoms with E-state index in [0.717, 1.165) is 11.3 Å². The molecule has 94 valence electrons. The van der Waals surface area contributed by atoms with Gasteiger partial charge in [0.15, 0.2) is 0 Å². The highest BCUT2D eigenvalue weighted by atomic mass is 16.4. The quantitative estimate of drug-likeness (QED) is 0.676. The van der Waals surface area contributed by atoms with E-state index in [1.807, 2.05) is 6.92 Å². The van der Waals surface area contributed by atoms with Crippen LogP contribution in [-0.4, -0.2) is 41.1 Å². The molecule has 1 unspecified atom stereocenters. The van der Waals surface area contributed by atoms with Crippen LogP contribution in [0.4, 0.5) is 4.79 Å². The fourth-order valence-electron chi connectivity index (χ4n) is 1.69. The van der Waals surface area contributed by atoms with Crippen LogP contribution >= 0.6 is 0 Å². The molecular weight excluding hydrogens is 220 g/mol. The highest BCUT2D eigenvalue weighted by Gasteiger charge is 2.25. The Labute approximate surface area is 101 Å². The molecule has 5 heteroatoms. The zero-order valence-corrected chi connectivity index (χ0v) is 9.98. The van der Waals surface area contributed by atoms with E-state index in [1.165, 1.54) is 12.8 Å². The number of terminal acetylenes is 1. The fraction of sp³-hybridized carbons (Fsp3) is 0.667. The lowest BCUT2D eigenvalue weighted by Gasteiger charge is -2.21. The Bertz CT molecular complexity index is 331. The van der Waals surface area contributed by atoms with E-state index >= 15 is 0 Å². The molecule has 5 nitrogen and oxygen atoms in total. The maximum atomic E-state index is 11.7. The van der Waals surface area contributed by atoms with Crippen LogP contribution in [0, 0.1) is 18.3 Å². The minimum Gasteiger partial charge on any atom is -0.480 e. The van der Waals surface area contributed by atoms with Crippen molar-refractivity contribution in [1.29, 1.82) is 0 Å². The van der Waals surface area contributed by atoms with Crippen LogP contribution < -0.4 is 5.32 Å². The smallest absolute Gasteiger partial charge is 0.323 e. The SMILES string of the molecule is C#CCN(CC(=O)O)C(=O)NC(C)CC1CC1. The lowest BCUT2D eigenvalue weighted by atomic mass is 10.2. The van der Waals surface area contributed by atoms with Gasteiger partial charge in [0.05, 0.1) is 6.54 Å². The molecule has 2 N–H and O–H groups in total. The van der Waals surface area contributed by atoms with Crippen molar-refractivity contribution in [3.63, 3.8) is 0 Å². The van der Waals surface area contributed by atoms with Gasteiger partial charge in [-0.3, -0.25) is 4.79 Å². The van der Waals surface area contributed by atoms with Crippen LogP contribution in [0.15, 0.2) is 0 Å². The number of nitrogens with one attached hydrogen (secondary N) is 1. The summed E-state index contributed by atoms with van der Waals surface area (Å²) in [4.78, 5) is 23.4. The molecule has 1 rings (SSSR count). The number of rotatable bonds is 6. The summed E-state index contributed by atoms with van der Waals surface area (Å²) in [5.74, 6) is 1.93. The van der Waals surface area contributed by atoms with Gasteiger partial charge >= 0.3 is 12.0 Å². The highest BCUT2D eigenvalue weighted by Crippen LogP contribution is 2.33. The molecule has 1 fully saturated rings. The number of carbonyl (C=O) groups excluding carboxylic acids is 1. The van der Waals surface area contributed by atoms with E-state index in [-0.39, 0.29) is 19.1 Å². The Hall–Kier alpha value is -1.70. The topological polar surface area (TPSA) is 69.6 Å². The van der Waals surface area contributed by atoms with Gasteiger partial charge in [-0.15, -0.1) is 6.42 Å². The summed E-state index contributed by atoms with van der Waals surface area (Å²) < 4.78 is 0. The Balaban J connectivity index is 2.39. The summed E-state index contributed by atoms with van der Waals surface area (Å²) >= 11 is 0. The van der Waals surface area contributed by atoms with Crippen LogP contribution in [-0.2, 0) is 4.79 Å². The predicted octanol–water partition coefficient (Wildman–Crippen LogP) is 0.904. The van der Waals surface area contributed by atoms with E-state index in [1.54, 1.807) is 0 Å². The molecule has 1 aliphatic rings. The summed E-state index contributed by atoms with van der Waals surface area (Å²) in [6, 6.07) is -0.345. The van der Waals surface area contributed by atoms with Crippen LogP contribution in [0.3, 0.4) is 0 Å². The molecule has 1 aliphatic carbocycles. The van der Waals surface area contributed by atoms with Crippen LogP contribution in [0.25, 0.3) is 0 Å². The summed E-state index contributed by atoms with van der Waals surface area (Å²) in [6.45, 7) is 1.56. The largest absolute Gasteiger partial charge is 0.480 e. The number of nitrogens with zero attached hydrogens (tertiary/aromatic N) is 1. The molecule has 1 saturated carbocycles. The molecule has 1 atom stereocenters. The number of hydrogen-bond donors (Lipinski definition) is 2. The number of hydrogen-bond acceptors (Lipinski definition) is 2. The third-order valence-electron chi connectivity index (χ3n) is 2.65. The van der Waals surface area contributed by atoms with Crippen molar-refractivity contribution >= 4 is 12.0 Å². The molecule has 0 aromatic heterocycles. The van der Waals surface area contributed by atoms with Crippen molar-refractivity contribution in [3.05, 3.63) is 0 Å². The van der Waals surface area contributed by atoms with Gasteiger partial charge in [0.25, 0.3) is 0 Å². The van der Waals surface area contributed by atoms with Gasteiger partial charge in [0, 0.05) is 6.04 Å². The molecule has 0 aromatic rings. The summed E-state index contributed by atoms with van der Waals surface area (Å²) in [5, 5.41) is 11.4.